The van der Waals surface area contributed by atoms with Crippen molar-refractivity contribution in [1.82, 2.24) is 0 Å². The monoisotopic (exact) mass is 1520 g/mol. The van der Waals surface area contributed by atoms with Crippen LogP contribution in [-0.4, -0.2) is 96.7 Å². The molecule has 104 heavy (non-hydrogen) atoms. The van der Waals surface area contributed by atoms with Crippen LogP contribution < -0.4 is 0 Å². The minimum atomic E-state index is -4.97. The quantitative estimate of drug-likeness (QED) is 0.0222. The van der Waals surface area contributed by atoms with E-state index in [0.717, 1.165) is 108 Å². The largest absolute Gasteiger partial charge is 0.472 e. The Morgan fingerprint density at radius 2 is 0.490 bits per heavy atom. The molecule has 0 aliphatic rings. The third-order valence-electron chi connectivity index (χ3n) is 20.2. The number of carbonyl (C=O) groups is 4. The smallest absolute Gasteiger partial charge is 0.462 e. The van der Waals surface area contributed by atoms with Gasteiger partial charge in [0.15, 0.2) is 12.2 Å². The van der Waals surface area contributed by atoms with E-state index in [1.54, 1.807) is 0 Å². The molecule has 0 aromatic carbocycles. The van der Waals surface area contributed by atoms with E-state index in [0.29, 0.717) is 25.7 Å². The van der Waals surface area contributed by atoms with Gasteiger partial charge in [0, 0.05) is 25.7 Å². The minimum Gasteiger partial charge on any atom is -0.462 e. The molecule has 0 radical (unpaired) electrons. The summed E-state index contributed by atoms with van der Waals surface area (Å²) in [4.78, 5) is 73.2. The molecular weight excluding hydrogens is 1350 g/mol. The summed E-state index contributed by atoms with van der Waals surface area (Å²) in [6, 6.07) is 0. The van der Waals surface area contributed by atoms with E-state index in [-0.39, 0.29) is 25.7 Å². The van der Waals surface area contributed by atoms with Crippen LogP contribution in [0.2, 0.25) is 0 Å². The Morgan fingerprint density at radius 1 is 0.279 bits per heavy atom. The summed E-state index contributed by atoms with van der Waals surface area (Å²) in [5, 5.41) is 10.7. The second-order valence-electron chi connectivity index (χ2n) is 31.8. The Bertz CT molecular complexity index is 2010. The van der Waals surface area contributed by atoms with Crippen LogP contribution in [0.3, 0.4) is 0 Å². The van der Waals surface area contributed by atoms with Gasteiger partial charge < -0.3 is 33.8 Å². The average molecular weight is 1520 g/mol. The second kappa shape index (κ2) is 75.1. The summed E-state index contributed by atoms with van der Waals surface area (Å²) >= 11 is 0. The maximum atomic E-state index is 13.1. The number of carbonyl (C=O) groups excluding carboxylic acids is 4. The lowest BCUT2D eigenvalue weighted by Crippen LogP contribution is -2.30. The first-order valence-electron chi connectivity index (χ1n) is 43.9. The van der Waals surface area contributed by atoms with E-state index in [1.807, 2.05) is 0 Å². The fourth-order valence-corrected chi connectivity index (χ4v) is 14.7. The zero-order valence-electron chi connectivity index (χ0n) is 68.5. The van der Waals surface area contributed by atoms with Gasteiger partial charge in [-0.05, 0) is 43.4 Å². The normalized spacial score (nSPS) is 14.2. The molecule has 3 N–H and O–H groups in total. The van der Waals surface area contributed by atoms with Crippen molar-refractivity contribution in [2.45, 2.75) is 465 Å². The van der Waals surface area contributed by atoms with Crippen molar-refractivity contribution < 1.29 is 80.2 Å². The van der Waals surface area contributed by atoms with E-state index in [2.05, 4.69) is 48.5 Å². The topological polar surface area (TPSA) is 237 Å². The summed E-state index contributed by atoms with van der Waals surface area (Å²) < 4.78 is 68.9. The van der Waals surface area contributed by atoms with Crippen molar-refractivity contribution in [3.05, 3.63) is 0 Å². The van der Waals surface area contributed by atoms with Crippen LogP contribution in [0.25, 0.3) is 0 Å². The fraction of sp³-hybridized carbons (Fsp3) is 0.953. The number of rotatable bonds is 83. The number of esters is 4. The third-order valence-corrected chi connectivity index (χ3v) is 22.1. The summed E-state index contributed by atoms with van der Waals surface area (Å²) in [7, 11) is -9.93. The molecule has 0 amide bonds. The van der Waals surface area contributed by atoms with Gasteiger partial charge in [-0.2, -0.15) is 0 Å². The Labute approximate surface area is 638 Å². The first-order valence-corrected chi connectivity index (χ1v) is 46.9. The summed E-state index contributed by atoms with van der Waals surface area (Å²) in [6.07, 6.45) is 65.1. The lowest BCUT2D eigenvalue weighted by Gasteiger charge is -2.21. The zero-order chi connectivity index (χ0) is 76.5. The zero-order valence-corrected chi connectivity index (χ0v) is 70.3. The van der Waals surface area contributed by atoms with Crippen molar-refractivity contribution in [2.75, 3.05) is 39.6 Å². The molecule has 0 aromatic rings. The lowest BCUT2D eigenvalue weighted by molar-refractivity contribution is -0.161. The molecule has 3 unspecified atom stereocenters. The highest BCUT2D eigenvalue weighted by Crippen LogP contribution is 2.45. The maximum absolute atomic E-state index is 13.1. The summed E-state index contributed by atoms with van der Waals surface area (Å²) in [5.74, 6) is 0.289. The number of ether oxygens (including phenoxy) is 4. The molecule has 0 saturated heterocycles. The molecule has 0 saturated carbocycles. The molecule has 0 aromatic heterocycles. The number of unbranched alkanes of at least 4 members (excludes halogenated alkanes) is 50. The van der Waals surface area contributed by atoms with Gasteiger partial charge in [-0.25, -0.2) is 9.13 Å². The van der Waals surface area contributed by atoms with Crippen LogP contribution in [0.1, 0.15) is 447 Å². The van der Waals surface area contributed by atoms with E-state index in [1.165, 1.54) is 257 Å². The molecule has 0 fully saturated rings. The molecule has 17 nitrogen and oxygen atoms in total. The predicted octanol–water partition coefficient (Wildman–Crippen LogP) is 25.7. The van der Waals surface area contributed by atoms with Gasteiger partial charge in [0.1, 0.15) is 19.3 Å². The van der Waals surface area contributed by atoms with Crippen LogP contribution in [-0.2, 0) is 65.4 Å². The molecule has 0 spiro atoms. The lowest BCUT2D eigenvalue weighted by atomic mass is 9.99. The number of phosphoric ester groups is 2. The molecule has 0 bridgehead atoms. The maximum Gasteiger partial charge on any atom is 0.472 e. The molecule has 618 valence electrons. The average Bonchev–Trinajstić information content (AvgIpc) is 0.906. The minimum absolute atomic E-state index is 0.108. The molecule has 0 heterocycles. The van der Waals surface area contributed by atoms with Gasteiger partial charge in [-0.15, -0.1) is 0 Å². The van der Waals surface area contributed by atoms with Crippen LogP contribution in [0, 0.1) is 17.8 Å². The highest BCUT2D eigenvalue weighted by molar-refractivity contribution is 7.47. The highest BCUT2D eigenvalue weighted by atomic mass is 31.2. The van der Waals surface area contributed by atoms with Crippen molar-refractivity contribution in [1.29, 1.82) is 0 Å². The van der Waals surface area contributed by atoms with Crippen LogP contribution >= 0.6 is 15.6 Å². The molecule has 19 heteroatoms. The van der Waals surface area contributed by atoms with Gasteiger partial charge in [0.25, 0.3) is 0 Å². The van der Waals surface area contributed by atoms with Gasteiger partial charge in [0.2, 0.25) is 0 Å². The Kier molecular flexibility index (Phi) is 73.7. The molecular formula is C85H166O17P2. The Balaban J connectivity index is 5.26. The van der Waals surface area contributed by atoms with Gasteiger partial charge in [-0.3, -0.25) is 37.3 Å². The number of hydrogen-bond acceptors (Lipinski definition) is 15. The van der Waals surface area contributed by atoms with E-state index < -0.39 is 97.5 Å². The standard InChI is InChI=1S/C85H166O17P2/c1-8-10-11-12-13-14-15-16-20-28-33-38-47-54-61-68-85(90)102-81(73-96-83(88)67-60-53-46-41-40-44-51-58-65-78(7)9-2)75-100-104(93,94)98-71-79(86)70-97-103(91,92)99-74-80(72-95-82(87)66-59-52-45-37-32-27-24-19-22-26-31-36-43-50-57-64-77(5)6)101-84(89)69-62-55-48-39-34-29-23-18-17-21-25-30-35-42-49-56-63-76(3)4/h76-81,86H,8-75H2,1-7H3,(H,91,92)(H,93,94)/t78?,79-,80-,81-/m1/s1. The van der Waals surface area contributed by atoms with Crippen LogP contribution in [0.5, 0.6) is 0 Å². The predicted molar refractivity (Wildman–Crippen MR) is 428 cm³/mol. The molecule has 0 rings (SSSR count). The van der Waals surface area contributed by atoms with Crippen molar-refractivity contribution in [2.24, 2.45) is 17.8 Å². The number of hydrogen-bond donors (Lipinski definition) is 3. The molecule has 0 aliphatic carbocycles. The van der Waals surface area contributed by atoms with Gasteiger partial charge in [-0.1, -0.05) is 395 Å². The molecule has 0 aliphatic heterocycles. The fourth-order valence-electron chi connectivity index (χ4n) is 13.2. The van der Waals surface area contributed by atoms with Crippen molar-refractivity contribution in [3.8, 4) is 0 Å². The number of aliphatic hydroxyl groups is 1. The van der Waals surface area contributed by atoms with Crippen LogP contribution in [0.4, 0.5) is 0 Å². The third kappa shape index (κ3) is 76.8. The highest BCUT2D eigenvalue weighted by Gasteiger charge is 2.30. The first-order chi connectivity index (χ1) is 50.3. The van der Waals surface area contributed by atoms with E-state index in [4.69, 9.17) is 37.0 Å². The summed E-state index contributed by atoms with van der Waals surface area (Å²) in [6.45, 7) is 12.0. The Morgan fingerprint density at radius 3 is 0.731 bits per heavy atom. The van der Waals surface area contributed by atoms with Gasteiger partial charge >= 0.3 is 39.5 Å². The van der Waals surface area contributed by atoms with E-state index in [9.17, 15) is 43.2 Å². The molecule has 6 atom stereocenters. The van der Waals surface area contributed by atoms with Crippen LogP contribution in [0.15, 0.2) is 0 Å². The van der Waals surface area contributed by atoms with Gasteiger partial charge in [0.05, 0.1) is 26.4 Å². The SMILES string of the molecule is CCCCCCCCCCCCCCCCCC(=O)O[C@H](COC(=O)CCCCCCCCCCC(C)CC)COP(=O)(O)OC[C@H](O)COP(=O)(O)OC[C@@H](COC(=O)CCCCCCCCCCCCCCCCCC(C)C)OC(=O)CCCCCCCCCCCCCCCCCCC(C)C. The second-order valence-corrected chi connectivity index (χ2v) is 34.7. The van der Waals surface area contributed by atoms with Crippen molar-refractivity contribution >= 4 is 39.5 Å². The number of aliphatic hydroxyl groups excluding tert-OH is 1. The number of phosphoric acid groups is 2. The summed E-state index contributed by atoms with van der Waals surface area (Å²) in [5.41, 5.74) is 0. The Hall–Kier alpha value is -1.94. The van der Waals surface area contributed by atoms with E-state index >= 15 is 0 Å². The first kappa shape index (κ1) is 102. The van der Waals surface area contributed by atoms with Crippen molar-refractivity contribution in [3.63, 3.8) is 0 Å².